The zero-order valence-electron chi connectivity index (χ0n) is 18.1. The van der Waals surface area contributed by atoms with Crippen LogP contribution in [0.3, 0.4) is 0 Å². The number of hydrogen-bond acceptors (Lipinski definition) is 11. The Bertz CT molecular complexity index is 1020. The van der Waals surface area contributed by atoms with Crippen molar-refractivity contribution in [3.63, 3.8) is 0 Å². The molecule has 1 saturated heterocycles. The van der Waals surface area contributed by atoms with Gasteiger partial charge in [0.15, 0.2) is 23.0 Å². The third-order valence-corrected chi connectivity index (χ3v) is 5.11. The van der Waals surface area contributed by atoms with E-state index in [0.29, 0.717) is 11.1 Å². The second-order valence-corrected chi connectivity index (χ2v) is 7.49. The van der Waals surface area contributed by atoms with Crippen LogP contribution in [0.1, 0.15) is 11.1 Å². The summed E-state index contributed by atoms with van der Waals surface area (Å²) in [6.45, 7) is -0.685. The molecular weight excluding hydrogens is 452 g/mol. The van der Waals surface area contributed by atoms with E-state index in [1.165, 1.54) is 49.6 Å². The van der Waals surface area contributed by atoms with Crippen LogP contribution in [-0.2, 0) is 20.9 Å². The number of phenolic OH excluding ortho intramolecular Hbond substituents is 2. The zero-order chi connectivity index (χ0) is 24.8. The molecule has 0 unspecified atom stereocenters. The van der Waals surface area contributed by atoms with Crippen molar-refractivity contribution in [2.75, 3.05) is 13.7 Å². The SMILES string of the molecule is COc1cc(COC(=O)C=Cc2ccc(O)c(O)c2)ccc1O[C@@H]1O[C@H](CO)[C@@H](O)[C@H](O)[C@H]1O. The van der Waals surface area contributed by atoms with Gasteiger partial charge in [-0.25, -0.2) is 4.79 Å². The van der Waals surface area contributed by atoms with Crippen LogP contribution >= 0.6 is 0 Å². The fourth-order valence-electron chi connectivity index (χ4n) is 3.20. The molecule has 0 aromatic heterocycles. The fraction of sp³-hybridized carbons (Fsp3) is 0.348. The monoisotopic (exact) mass is 478 g/mol. The van der Waals surface area contributed by atoms with Crippen molar-refractivity contribution in [3.05, 3.63) is 53.6 Å². The molecule has 0 amide bonds. The maximum Gasteiger partial charge on any atom is 0.331 e. The highest BCUT2D eigenvalue weighted by Crippen LogP contribution is 2.32. The highest BCUT2D eigenvalue weighted by atomic mass is 16.7. The first-order chi connectivity index (χ1) is 16.2. The zero-order valence-corrected chi connectivity index (χ0v) is 18.1. The average molecular weight is 478 g/mol. The van der Waals surface area contributed by atoms with E-state index in [-0.39, 0.29) is 29.6 Å². The minimum atomic E-state index is -1.58. The van der Waals surface area contributed by atoms with Crippen LogP contribution in [0.15, 0.2) is 42.5 Å². The molecule has 1 heterocycles. The molecule has 11 nitrogen and oxygen atoms in total. The minimum absolute atomic E-state index is 0.0965. The lowest BCUT2D eigenvalue weighted by Crippen LogP contribution is -2.60. The van der Waals surface area contributed by atoms with E-state index in [4.69, 9.17) is 18.9 Å². The number of benzene rings is 2. The Morgan fingerprint density at radius 2 is 1.76 bits per heavy atom. The molecule has 5 atom stereocenters. The lowest BCUT2D eigenvalue weighted by Gasteiger charge is -2.39. The number of phenols is 2. The van der Waals surface area contributed by atoms with E-state index in [0.717, 1.165) is 0 Å². The first-order valence-electron chi connectivity index (χ1n) is 10.2. The van der Waals surface area contributed by atoms with E-state index in [2.05, 4.69) is 0 Å². The molecule has 0 radical (unpaired) electrons. The van der Waals surface area contributed by atoms with Crippen LogP contribution in [0.4, 0.5) is 0 Å². The van der Waals surface area contributed by atoms with Gasteiger partial charge in [0.25, 0.3) is 0 Å². The normalized spacial score (nSPS) is 24.7. The summed E-state index contributed by atoms with van der Waals surface area (Å²) >= 11 is 0. The first kappa shape index (κ1) is 25.3. The molecule has 1 fully saturated rings. The van der Waals surface area contributed by atoms with Gasteiger partial charge in [0.1, 0.15) is 31.0 Å². The summed E-state index contributed by atoms with van der Waals surface area (Å²) in [5.41, 5.74) is 1.05. The molecule has 3 rings (SSSR count). The van der Waals surface area contributed by atoms with Gasteiger partial charge < -0.3 is 49.6 Å². The van der Waals surface area contributed by atoms with E-state index < -0.39 is 43.3 Å². The molecule has 6 N–H and O–H groups in total. The number of rotatable bonds is 8. The second-order valence-electron chi connectivity index (χ2n) is 7.49. The molecule has 11 heteroatoms. The smallest absolute Gasteiger partial charge is 0.331 e. The molecule has 2 aromatic carbocycles. The van der Waals surface area contributed by atoms with Crippen molar-refractivity contribution >= 4 is 12.0 Å². The maximum absolute atomic E-state index is 12.0. The van der Waals surface area contributed by atoms with Crippen LogP contribution in [0.5, 0.6) is 23.0 Å². The van der Waals surface area contributed by atoms with Crippen molar-refractivity contribution in [2.45, 2.75) is 37.3 Å². The maximum atomic E-state index is 12.0. The Kier molecular flexibility index (Phi) is 8.31. The molecule has 184 valence electrons. The third-order valence-electron chi connectivity index (χ3n) is 5.11. The first-order valence-corrected chi connectivity index (χ1v) is 10.2. The van der Waals surface area contributed by atoms with Gasteiger partial charge in [0.2, 0.25) is 6.29 Å². The van der Waals surface area contributed by atoms with Crippen molar-refractivity contribution in [2.24, 2.45) is 0 Å². The number of aliphatic hydroxyl groups is 4. The quantitative estimate of drug-likeness (QED) is 0.172. The summed E-state index contributed by atoms with van der Waals surface area (Å²) in [6, 6.07) is 8.69. The van der Waals surface area contributed by atoms with E-state index >= 15 is 0 Å². The predicted molar refractivity (Wildman–Crippen MR) is 116 cm³/mol. The van der Waals surface area contributed by atoms with E-state index in [1.54, 1.807) is 6.07 Å². The molecular formula is C23H26O11. The van der Waals surface area contributed by atoms with Crippen molar-refractivity contribution in [3.8, 4) is 23.0 Å². The van der Waals surface area contributed by atoms with Crippen LogP contribution in [0.2, 0.25) is 0 Å². The van der Waals surface area contributed by atoms with Gasteiger partial charge >= 0.3 is 5.97 Å². The van der Waals surface area contributed by atoms with Gasteiger partial charge in [-0.2, -0.15) is 0 Å². The topological polar surface area (TPSA) is 175 Å². The summed E-state index contributed by atoms with van der Waals surface area (Å²) in [6.07, 6.45) is -4.58. The number of hydrogen-bond donors (Lipinski definition) is 6. The molecule has 1 aliphatic heterocycles. The Balaban J connectivity index is 1.61. The molecule has 2 aromatic rings. The van der Waals surface area contributed by atoms with Gasteiger partial charge in [0.05, 0.1) is 13.7 Å². The van der Waals surface area contributed by atoms with E-state index in [9.17, 15) is 35.4 Å². The molecule has 0 saturated carbocycles. The van der Waals surface area contributed by atoms with Crippen LogP contribution in [0.25, 0.3) is 6.08 Å². The highest BCUT2D eigenvalue weighted by molar-refractivity contribution is 5.87. The van der Waals surface area contributed by atoms with Crippen LogP contribution in [0, 0.1) is 0 Å². The molecule has 0 bridgehead atoms. The van der Waals surface area contributed by atoms with E-state index in [1.807, 2.05) is 0 Å². The van der Waals surface area contributed by atoms with Gasteiger partial charge in [-0.1, -0.05) is 12.1 Å². The Hall–Kier alpha value is -3.35. The van der Waals surface area contributed by atoms with Gasteiger partial charge in [0, 0.05) is 6.08 Å². The number of aromatic hydroxyl groups is 2. The van der Waals surface area contributed by atoms with Crippen LogP contribution < -0.4 is 9.47 Å². The lowest BCUT2D eigenvalue weighted by atomic mass is 9.99. The molecule has 1 aliphatic rings. The van der Waals surface area contributed by atoms with Gasteiger partial charge in [-0.15, -0.1) is 0 Å². The van der Waals surface area contributed by atoms with Gasteiger partial charge in [-0.3, -0.25) is 0 Å². The Morgan fingerprint density at radius 3 is 2.44 bits per heavy atom. The molecule has 34 heavy (non-hydrogen) atoms. The number of aliphatic hydroxyl groups excluding tert-OH is 4. The fourth-order valence-corrected chi connectivity index (χ4v) is 3.20. The minimum Gasteiger partial charge on any atom is -0.504 e. The molecule has 0 aliphatic carbocycles. The summed E-state index contributed by atoms with van der Waals surface area (Å²) in [4.78, 5) is 12.0. The number of carbonyl (C=O) groups is 1. The molecule has 0 spiro atoms. The predicted octanol–water partition coefficient (Wildman–Crippen LogP) is 0.0417. The largest absolute Gasteiger partial charge is 0.504 e. The average Bonchev–Trinajstić information content (AvgIpc) is 2.84. The Morgan fingerprint density at radius 1 is 1.00 bits per heavy atom. The van der Waals surface area contributed by atoms with Crippen molar-refractivity contribution in [1.29, 1.82) is 0 Å². The standard InChI is InChI=1S/C23H26O11/c1-31-17-9-13(11-32-19(27)7-4-12-2-5-14(25)15(26)8-12)3-6-16(17)33-23-22(30)21(29)20(28)18(10-24)34-23/h2-9,18,20-26,28-30H,10-11H2,1H3/t18-,20-,21+,22-,23-/m1/s1. The van der Waals surface area contributed by atoms with Crippen LogP contribution in [-0.4, -0.2) is 81.0 Å². The number of esters is 1. The third kappa shape index (κ3) is 5.95. The second kappa shape index (κ2) is 11.2. The van der Waals surface area contributed by atoms with Crippen molar-refractivity contribution < 1.29 is 54.4 Å². The number of methoxy groups -OCH3 is 1. The highest BCUT2D eigenvalue weighted by Gasteiger charge is 2.44. The summed E-state index contributed by atoms with van der Waals surface area (Å²) in [7, 11) is 1.38. The summed E-state index contributed by atoms with van der Waals surface area (Å²) in [5, 5.41) is 58.0. The number of carbonyl (C=O) groups excluding carboxylic acids is 1. The summed E-state index contributed by atoms with van der Waals surface area (Å²) in [5.74, 6) is -0.857. The van der Waals surface area contributed by atoms with Crippen molar-refractivity contribution in [1.82, 2.24) is 0 Å². The van der Waals surface area contributed by atoms with Gasteiger partial charge in [-0.05, 0) is 41.5 Å². The number of ether oxygens (including phenoxy) is 4. The Labute approximate surface area is 194 Å². The lowest BCUT2D eigenvalue weighted by molar-refractivity contribution is -0.277. The summed E-state index contributed by atoms with van der Waals surface area (Å²) < 4.78 is 21.4.